The van der Waals surface area contributed by atoms with E-state index in [0.29, 0.717) is 0 Å². The second-order valence-corrected chi connectivity index (χ2v) is 28.3. The Bertz CT molecular complexity index is 2810. The number of likely N-dealkylation sites (N-methyl/N-ethyl adjacent to an activating group) is 3. The summed E-state index contributed by atoms with van der Waals surface area (Å²) in [6, 6.07) is 28.3. The first-order valence-corrected chi connectivity index (χ1v) is 34.2. The number of likely N-dealkylation sites (tertiary alicyclic amines) is 4. The van der Waals surface area contributed by atoms with Crippen molar-refractivity contribution in [3.05, 3.63) is 102 Å². The summed E-state index contributed by atoms with van der Waals surface area (Å²) in [5, 5.41) is 10.2. The van der Waals surface area contributed by atoms with Gasteiger partial charge in [-0.25, -0.2) is 0 Å². The van der Waals surface area contributed by atoms with E-state index in [-0.39, 0.29) is 0 Å². The average Bonchev–Trinajstić information content (AvgIpc) is 4.36. The van der Waals surface area contributed by atoms with Gasteiger partial charge in [0.15, 0.2) is 0 Å². The molecule has 0 unspecified atom stereocenters. The number of rotatable bonds is 22. The molecule has 0 saturated carbocycles. The van der Waals surface area contributed by atoms with Gasteiger partial charge in [-0.1, -0.05) is 0 Å². The minimum Gasteiger partial charge on any atom is -0.399 e. The summed E-state index contributed by atoms with van der Waals surface area (Å²) in [5.41, 5.74) is 71.7. The van der Waals surface area contributed by atoms with Crippen molar-refractivity contribution in [1.82, 2.24) is 0 Å². The number of aryl methyl sites for hydroxylation is 2. The molecule has 0 bridgehead atoms. The molecule has 90 heavy (non-hydrogen) atoms. The molecule has 5 aliphatic rings. The van der Waals surface area contributed by atoms with Gasteiger partial charge >= 0.3 is 0 Å². The van der Waals surface area contributed by atoms with E-state index >= 15 is 0 Å². The van der Waals surface area contributed by atoms with E-state index in [1.54, 1.807) is 0 Å². The van der Waals surface area contributed by atoms with Gasteiger partial charge in [0.25, 0.3) is 0 Å². The Hall–Kier alpha value is -6.74. The maximum absolute atomic E-state index is 5.98. The monoisotopic (exact) mass is 1250 g/mol. The van der Waals surface area contributed by atoms with Crippen molar-refractivity contribution in [2.75, 3.05) is 240 Å². The standard InChI is InChI=1S/C16H28N3.C15H26N3.C14H25N4.C13H23N4O.C13H23N4/c1-19(10-4-2-5-11-19)12-6-3-7-14-13-15(17)8-9-16(14)18;1-18(10-4-5-11-18)9-3-2-6-13-12-14(16)7-8-15(13)17;1-18(8-3-2-4-9-18)10-7-17-14-11-12(15)5-6-13(14)16;1-17(6-8-18-9-7-17)5-4-16-13-10-11(14)2-3-12(13)15;1-17(7-2-3-8-17)9-6-16-13-10-11(14)4-5-12(13)15/h8-9,13H,2-7,10-12,17-18H2,1H3;7-8,12H,2-6,9-11,16-17H2,1H3;5-6,11,17H,2-4,7-10,15-16H2,1H3;2-3,10,16H,4-9,14-15H2,1H3;4-5,10,16H,2-3,6-9,14-15H2,1H3/q5*+1. The lowest BCUT2D eigenvalue weighted by Crippen LogP contribution is -2.53. The summed E-state index contributed by atoms with van der Waals surface area (Å²) < 4.78 is 11.3. The number of piperidine rings is 2. The fourth-order valence-electron chi connectivity index (χ4n) is 13.5. The van der Waals surface area contributed by atoms with Gasteiger partial charge in [0.2, 0.25) is 0 Å². The maximum atomic E-state index is 5.98. The van der Waals surface area contributed by atoms with Gasteiger partial charge in [0, 0.05) is 65.5 Å². The number of nitrogen functional groups attached to an aromatic ring is 10. The van der Waals surface area contributed by atoms with E-state index < -0.39 is 0 Å². The summed E-state index contributed by atoms with van der Waals surface area (Å²) in [6.07, 6.45) is 20.9. The Balaban J connectivity index is 0.000000179. The number of nitrogens with one attached hydrogen (secondary N) is 3. The molecule has 5 aromatic carbocycles. The van der Waals surface area contributed by atoms with Crippen LogP contribution < -0.4 is 73.3 Å². The fraction of sp³-hybridized carbons (Fsp3) is 0.577. The largest absolute Gasteiger partial charge is 0.399 e. The second kappa shape index (κ2) is 35.8. The van der Waals surface area contributed by atoms with Gasteiger partial charge in [0.1, 0.15) is 13.1 Å². The lowest BCUT2D eigenvalue weighted by molar-refractivity contribution is -0.915. The molecule has 0 radical (unpaired) electrons. The van der Waals surface area contributed by atoms with Crippen LogP contribution in [0.2, 0.25) is 0 Å². The minimum atomic E-state index is 0.735. The Morgan fingerprint density at radius 1 is 0.300 bits per heavy atom. The number of nitrogens with two attached hydrogens (primary N) is 10. The summed E-state index contributed by atoms with van der Waals surface area (Å²) in [7, 11) is 11.8. The van der Waals surface area contributed by atoms with Crippen LogP contribution in [0.25, 0.3) is 0 Å². The van der Waals surface area contributed by atoms with Crippen LogP contribution in [-0.2, 0) is 17.6 Å². The summed E-state index contributed by atoms with van der Waals surface area (Å²) >= 11 is 0. The Labute approximate surface area is 543 Å². The van der Waals surface area contributed by atoms with Crippen molar-refractivity contribution in [2.24, 2.45) is 0 Å². The Kier molecular flexibility index (Phi) is 28.7. The van der Waals surface area contributed by atoms with Crippen LogP contribution >= 0.6 is 0 Å². The van der Waals surface area contributed by atoms with Crippen molar-refractivity contribution in [2.45, 2.75) is 103 Å². The lowest BCUT2D eigenvalue weighted by atomic mass is 10.0. The number of benzene rings is 5. The van der Waals surface area contributed by atoms with Gasteiger partial charge in [-0.2, -0.15) is 0 Å². The zero-order valence-electron chi connectivity index (χ0n) is 56.5. The molecule has 0 atom stereocenters. The Morgan fingerprint density at radius 2 is 0.556 bits per heavy atom. The molecule has 5 aliphatic heterocycles. The first-order valence-electron chi connectivity index (χ1n) is 34.2. The van der Waals surface area contributed by atoms with Crippen LogP contribution in [0.1, 0.15) is 101 Å². The molecule has 0 aliphatic carbocycles. The fourth-order valence-corrected chi connectivity index (χ4v) is 13.5. The van der Waals surface area contributed by atoms with Crippen molar-refractivity contribution in [1.29, 1.82) is 0 Å². The average molecular weight is 1250 g/mol. The van der Waals surface area contributed by atoms with Crippen LogP contribution in [0, 0.1) is 0 Å². The molecule has 5 heterocycles. The van der Waals surface area contributed by atoms with E-state index in [9.17, 15) is 0 Å². The number of unbranched alkanes of at least 4 members (excludes halogenated alkanes) is 2. The zero-order chi connectivity index (χ0) is 65.1. The molecule has 5 fully saturated rings. The molecule has 0 amide bonds. The third-order valence-corrected chi connectivity index (χ3v) is 19.9. The summed E-state index contributed by atoms with van der Waals surface area (Å²) in [6.45, 7) is 23.3. The highest BCUT2D eigenvalue weighted by atomic mass is 16.5. The first-order chi connectivity index (χ1) is 42.9. The Morgan fingerprint density at radius 3 is 0.867 bits per heavy atom. The van der Waals surface area contributed by atoms with E-state index in [2.05, 4.69) is 51.2 Å². The van der Waals surface area contributed by atoms with Crippen LogP contribution in [0.15, 0.2) is 91.0 Å². The smallest absolute Gasteiger partial charge is 0.102 e. The van der Waals surface area contributed by atoms with Crippen molar-refractivity contribution >= 4 is 73.9 Å². The number of morpholine rings is 1. The van der Waals surface area contributed by atoms with Gasteiger partial charge in [0.05, 0.1) is 187 Å². The van der Waals surface area contributed by atoms with Crippen molar-refractivity contribution in [3.63, 3.8) is 0 Å². The highest BCUT2D eigenvalue weighted by molar-refractivity contribution is 5.72. The molecule has 0 aromatic heterocycles. The third kappa shape index (κ3) is 25.5. The second-order valence-electron chi connectivity index (χ2n) is 28.3. The lowest BCUT2D eigenvalue weighted by Gasteiger charge is -2.38. The van der Waals surface area contributed by atoms with Gasteiger partial charge < -0.3 is 100 Å². The van der Waals surface area contributed by atoms with E-state index in [1.165, 1.54) is 184 Å². The third-order valence-electron chi connectivity index (χ3n) is 19.9. The number of hydrogen-bond acceptors (Lipinski definition) is 14. The molecule has 0 spiro atoms. The van der Waals surface area contributed by atoms with E-state index in [4.69, 9.17) is 62.1 Å². The number of nitrogens with zero attached hydrogens (tertiary/aromatic N) is 5. The quantitative estimate of drug-likeness (QED) is 0.0175. The van der Waals surface area contributed by atoms with E-state index in [1.807, 2.05) is 91.0 Å². The molecule has 500 valence electrons. The molecular weight excluding hydrogens is 1120 g/mol. The number of anilines is 13. The predicted molar refractivity (Wildman–Crippen MR) is 389 cm³/mol. The summed E-state index contributed by atoms with van der Waals surface area (Å²) in [4.78, 5) is 0. The van der Waals surface area contributed by atoms with Crippen LogP contribution in [0.3, 0.4) is 0 Å². The van der Waals surface area contributed by atoms with Gasteiger partial charge in [-0.05, 0) is 179 Å². The van der Waals surface area contributed by atoms with Gasteiger partial charge in [-0.3, -0.25) is 0 Å². The van der Waals surface area contributed by atoms with Crippen LogP contribution in [-0.4, -0.2) is 189 Å². The molecule has 19 heteroatoms. The molecule has 19 nitrogen and oxygen atoms in total. The highest BCUT2D eigenvalue weighted by Gasteiger charge is 2.29. The normalized spacial score (nSPS) is 18.3. The molecule has 23 N–H and O–H groups in total. The van der Waals surface area contributed by atoms with Crippen molar-refractivity contribution in [3.8, 4) is 0 Å². The molecule has 5 aromatic rings. The zero-order valence-corrected chi connectivity index (χ0v) is 56.5. The number of quaternary nitrogens is 5. The first kappa shape index (κ1) is 72.3. The van der Waals surface area contributed by atoms with E-state index in [0.717, 1.165) is 157 Å². The highest BCUT2D eigenvalue weighted by Crippen LogP contribution is 2.27. The number of hydrogen-bond donors (Lipinski definition) is 13. The van der Waals surface area contributed by atoms with Crippen LogP contribution in [0.5, 0.6) is 0 Å². The maximum Gasteiger partial charge on any atom is 0.102 e. The number of ether oxygens (including phenoxy) is 1. The topological polar surface area (TPSA) is 306 Å². The molecule has 5 saturated heterocycles. The summed E-state index contributed by atoms with van der Waals surface area (Å²) in [5.74, 6) is 0. The molecular formula is C71H125N18O+5. The minimum absolute atomic E-state index is 0.735. The molecule has 10 rings (SSSR count). The predicted octanol–water partition coefficient (Wildman–Crippen LogP) is 9.35. The van der Waals surface area contributed by atoms with Gasteiger partial charge in [-0.15, -0.1) is 0 Å². The SMILES string of the molecule is C[N+]1(CCCCc2cc(N)ccc2N)CCCC1.C[N+]1(CCCCc2cc(N)ccc2N)CCCCC1.C[N+]1(CCNc2cc(N)ccc2N)CCCC1.C[N+]1(CCNc2cc(N)ccc2N)CCCCC1.C[N+]1(CCNc2cc(N)ccc2N)CCOCC1. The van der Waals surface area contributed by atoms with Crippen LogP contribution in [0.4, 0.5) is 73.9 Å². The van der Waals surface area contributed by atoms with Crippen molar-refractivity contribution < 1.29 is 27.2 Å².